The van der Waals surface area contributed by atoms with Crippen molar-refractivity contribution in [3.8, 4) is 11.5 Å². The lowest BCUT2D eigenvalue weighted by molar-refractivity contribution is -0.286. The molecule has 0 bridgehead atoms. The maximum absolute atomic E-state index is 10.5. The Labute approximate surface area is 153 Å². The Kier molecular flexibility index (Phi) is 8.08. The van der Waals surface area contributed by atoms with Gasteiger partial charge in [-0.15, -0.1) is 13.2 Å². The maximum atomic E-state index is 10.5. The molecule has 0 spiro atoms. The third-order valence-electron chi connectivity index (χ3n) is 3.88. The van der Waals surface area contributed by atoms with Crippen LogP contribution in [0.5, 0.6) is 11.5 Å². The number of aliphatic hydroxyl groups excluding tert-OH is 2. The molecule has 5 atom stereocenters. The smallest absolute Gasteiger partial charge is 0.229 e. The van der Waals surface area contributed by atoms with Crippen LogP contribution in [-0.2, 0) is 14.2 Å². The summed E-state index contributed by atoms with van der Waals surface area (Å²) in [7, 11) is 1.57. The van der Waals surface area contributed by atoms with Crippen molar-refractivity contribution in [2.75, 3.05) is 26.9 Å². The number of benzene rings is 1. The Bertz CT molecular complexity index is 560. The average Bonchev–Trinajstić information content (AvgIpc) is 2.66. The molecule has 2 N–H and O–H groups in total. The van der Waals surface area contributed by atoms with Crippen LogP contribution in [0.2, 0.25) is 0 Å². The maximum Gasteiger partial charge on any atom is 0.229 e. The van der Waals surface area contributed by atoms with Crippen molar-refractivity contribution in [3.05, 3.63) is 49.6 Å². The molecular weight excluding hydrogens is 340 g/mol. The topological polar surface area (TPSA) is 86.6 Å². The van der Waals surface area contributed by atoms with Crippen molar-refractivity contribution in [2.45, 2.75) is 30.7 Å². The van der Waals surface area contributed by atoms with Gasteiger partial charge in [0, 0.05) is 0 Å². The summed E-state index contributed by atoms with van der Waals surface area (Å²) < 4.78 is 27.5. The van der Waals surface area contributed by atoms with Gasteiger partial charge >= 0.3 is 0 Å². The number of hydrogen-bond donors (Lipinski definition) is 2. The van der Waals surface area contributed by atoms with E-state index < -0.39 is 30.7 Å². The van der Waals surface area contributed by atoms with Gasteiger partial charge in [0.1, 0.15) is 35.9 Å². The van der Waals surface area contributed by atoms with Crippen molar-refractivity contribution >= 4 is 0 Å². The van der Waals surface area contributed by atoms with Gasteiger partial charge in [-0.3, -0.25) is 0 Å². The van der Waals surface area contributed by atoms with Gasteiger partial charge in [0.25, 0.3) is 0 Å². The van der Waals surface area contributed by atoms with E-state index in [9.17, 15) is 10.2 Å². The van der Waals surface area contributed by atoms with Crippen LogP contribution in [0.4, 0.5) is 0 Å². The first-order chi connectivity index (χ1) is 12.6. The van der Waals surface area contributed by atoms with Gasteiger partial charge < -0.3 is 33.9 Å². The summed E-state index contributed by atoms with van der Waals surface area (Å²) in [5, 5.41) is 21.0. The van der Waals surface area contributed by atoms with Crippen LogP contribution in [0.15, 0.2) is 49.6 Å². The zero-order chi connectivity index (χ0) is 18.9. The Morgan fingerprint density at radius 3 is 2.31 bits per heavy atom. The molecule has 1 aliphatic heterocycles. The van der Waals surface area contributed by atoms with Crippen molar-refractivity contribution in [1.82, 2.24) is 0 Å². The third-order valence-corrected chi connectivity index (χ3v) is 3.88. The number of rotatable bonds is 10. The first-order valence-electron chi connectivity index (χ1n) is 8.34. The minimum absolute atomic E-state index is 0.107. The van der Waals surface area contributed by atoms with Gasteiger partial charge in [0.2, 0.25) is 6.29 Å². The average molecular weight is 366 g/mol. The molecule has 7 nitrogen and oxygen atoms in total. The lowest BCUT2D eigenvalue weighted by Gasteiger charge is -2.42. The molecule has 1 aromatic carbocycles. The van der Waals surface area contributed by atoms with Gasteiger partial charge in [-0.2, -0.15) is 0 Å². The molecule has 1 heterocycles. The van der Waals surface area contributed by atoms with Crippen molar-refractivity contribution in [2.24, 2.45) is 0 Å². The molecular formula is C19H26O7. The number of hydrogen-bond acceptors (Lipinski definition) is 7. The molecule has 0 aromatic heterocycles. The quantitative estimate of drug-likeness (QED) is 0.477. The first-order valence-corrected chi connectivity index (χ1v) is 8.34. The number of aliphatic hydroxyl groups is 2. The predicted octanol–water partition coefficient (Wildman–Crippen LogP) is 1.29. The van der Waals surface area contributed by atoms with Crippen LogP contribution in [0, 0.1) is 0 Å². The lowest BCUT2D eigenvalue weighted by atomic mass is 9.99. The molecule has 0 saturated carbocycles. The van der Waals surface area contributed by atoms with E-state index in [2.05, 4.69) is 13.2 Å². The highest BCUT2D eigenvalue weighted by Gasteiger charge is 2.46. The summed E-state index contributed by atoms with van der Waals surface area (Å²) in [5.74, 6) is 1.17. The van der Waals surface area contributed by atoms with Crippen molar-refractivity contribution in [3.63, 3.8) is 0 Å². The summed E-state index contributed by atoms with van der Waals surface area (Å²) in [4.78, 5) is 0. The summed E-state index contributed by atoms with van der Waals surface area (Å²) in [6, 6.07) is 6.86. The molecule has 0 radical (unpaired) electrons. The van der Waals surface area contributed by atoms with Crippen molar-refractivity contribution in [1.29, 1.82) is 0 Å². The first kappa shape index (κ1) is 20.4. The molecule has 144 valence electrons. The van der Waals surface area contributed by atoms with Crippen LogP contribution in [0.1, 0.15) is 0 Å². The van der Waals surface area contributed by atoms with E-state index in [-0.39, 0.29) is 13.2 Å². The molecule has 1 aromatic rings. The monoisotopic (exact) mass is 366 g/mol. The minimum Gasteiger partial charge on any atom is -0.497 e. The Morgan fingerprint density at radius 1 is 1.04 bits per heavy atom. The fourth-order valence-electron chi connectivity index (χ4n) is 2.57. The molecule has 2 rings (SSSR count). The van der Waals surface area contributed by atoms with E-state index in [0.717, 1.165) is 0 Å². The van der Waals surface area contributed by atoms with Crippen LogP contribution < -0.4 is 9.47 Å². The zero-order valence-electron chi connectivity index (χ0n) is 14.8. The molecule has 1 aliphatic rings. The Morgan fingerprint density at radius 2 is 1.69 bits per heavy atom. The van der Waals surface area contributed by atoms with E-state index in [4.69, 9.17) is 23.7 Å². The normalized spacial score (nSPS) is 28.3. The van der Waals surface area contributed by atoms with Crippen LogP contribution in [0.25, 0.3) is 0 Å². The molecule has 7 heteroatoms. The van der Waals surface area contributed by atoms with E-state index in [1.807, 2.05) is 0 Å². The van der Waals surface area contributed by atoms with Gasteiger partial charge in [-0.25, -0.2) is 0 Å². The second-order valence-corrected chi connectivity index (χ2v) is 5.73. The fraction of sp³-hybridized carbons (Fsp3) is 0.474. The third kappa shape index (κ3) is 5.30. The largest absolute Gasteiger partial charge is 0.497 e. The minimum atomic E-state index is -1.19. The Balaban J connectivity index is 2.10. The van der Waals surface area contributed by atoms with E-state index >= 15 is 0 Å². The molecule has 0 amide bonds. The number of ether oxygens (including phenoxy) is 5. The highest BCUT2D eigenvalue weighted by Crippen LogP contribution is 2.27. The second-order valence-electron chi connectivity index (χ2n) is 5.73. The van der Waals surface area contributed by atoms with Gasteiger partial charge in [-0.05, 0) is 24.3 Å². The lowest BCUT2D eigenvalue weighted by Crippen LogP contribution is -2.61. The highest BCUT2D eigenvalue weighted by molar-refractivity contribution is 5.31. The number of methoxy groups -OCH3 is 1. The van der Waals surface area contributed by atoms with Crippen LogP contribution >= 0.6 is 0 Å². The summed E-state index contributed by atoms with van der Waals surface area (Å²) >= 11 is 0. The van der Waals surface area contributed by atoms with Gasteiger partial charge in [-0.1, -0.05) is 12.2 Å². The summed E-state index contributed by atoms with van der Waals surface area (Å²) in [6.07, 6.45) is -1.79. The molecule has 26 heavy (non-hydrogen) atoms. The zero-order valence-corrected chi connectivity index (χ0v) is 14.8. The standard InChI is InChI=1S/C19H26O7/c1-4-10-23-12-15-16(20)18(24-11-5-2)17(21)19(26-15)25-14-8-6-13(22-3)7-9-14/h4-9,15-21H,1-2,10-12H2,3H3/t15-,16+,17-,18+,19-/m1/s1. The van der Waals surface area contributed by atoms with Crippen LogP contribution in [-0.4, -0.2) is 67.8 Å². The van der Waals surface area contributed by atoms with Crippen LogP contribution in [0.3, 0.4) is 0 Å². The van der Waals surface area contributed by atoms with Gasteiger partial charge in [0.15, 0.2) is 0 Å². The SMILES string of the molecule is C=CCOC[C@H]1O[C@@H](Oc2ccc(OC)cc2)[C@H](O)[C@@H](OCC=C)[C@H]1O. The predicted molar refractivity (Wildman–Crippen MR) is 95.2 cm³/mol. The van der Waals surface area contributed by atoms with E-state index in [0.29, 0.717) is 18.1 Å². The molecule has 1 fully saturated rings. The van der Waals surface area contributed by atoms with E-state index in [1.54, 1.807) is 37.5 Å². The summed E-state index contributed by atoms with van der Waals surface area (Å²) in [6.45, 7) is 7.75. The van der Waals surface area contributed by atoms with E-state index in [1.165, 1.54) is 6.08 Å². The molecule has 1 saturated heterocycles. The Hall–Kier alpha value is -1.90. The van der Waals surface area contributed by atoms with Crippen molar-refractivity contribution < 1.29 is 33.9 Å². The fourth-order valence-corrected chi connectivity index (χ4v) is 2.57. The second kappa shape index (κ2) is 10.3. The molecule has 0 unspecified atom stereocenters. The molecule has 0 aliphatic carbocycles. The van der Waals surface area contributed by atoms with Gasteiger partial charge in [0.05, 0.1) is 26.9 Å². The highest BCUT2D eigenvalue weighted by atomic mass is 16.7. The summed E-state index contributed by atoms with van der Waals surface area (Å²) in [5.41, 5.74) is 0.